The second-order valence-corrected chi connectivity index (χ2v) is 12.6. The molecule has 0 aromatic heterocycles. The molecule has 1 saturated heterocycles. The third-order valence-corrected chi connectivity index (χ3v) is 9.23. The summed E-state index contributed by atoms with van der Waals surface area (Å²) in [5.41, 5.74) is 5.82. The minimum atomic E-state index is -0.569. The van der Waals surface area contributed by atoms with Crippen LogP contribution in [0.4, 0.5) is 10.5 Å². The summed E-state index contributed by atoms with van der Waals surface area (Å²) in [7, 11) is 0. The maximum Gasteiger partial charge on any atom is 0.417 e. The number of rotatable bonds is 12. The Morgan fingerprint density at radius 1 is 0.851 bits per heavy atom. The number of esters is 1. The first-order valence-corrected chi connectivity index (χ1v) is 16.9. The number of anilines is 1. The van der Waals surface area contributed by atoms with E-state index >= 15 is 0 Å². The molecule has 1 heterocycles. The zero-order valence-electron chi connectivity index (χ0n) is 27.2. The molecule has 6 rings (SSSR count). The highest BCUT2D eigenvalue weighted by molar-refractivity contribution is 5.87. The fourth-order valence-corrected chi connectivity index (χ4v) is 6.92. The van der Waals surface area contributed by atoms with Gasteiger partial charge >= 0.3 is 12.1 Å². The highest BCUT2D eigenvalue weighted by atomic mass is 16.6. The molecule has 0 bridgehead atoms. The summed E-state index contributed by atoms with van der Waals surface area (Å²) in [6.45, 7) is 5.16. The van der Waals surface area contributed by atoms with Gasteiger partial charge in [0, 0.05) is 23.7 Å². The predicted molar refractivity (Wildman–Crippen MR) is 184 cm³/mol. The SMILES string of the molecule is CCCN1CCC[C@@H]2Cc3c(ccc(OCc4ccccc4)c3OC(=O)Nc3cccc(CCC(=O)OCc4ccccc4)c3)C[C@H]21. The molecule has 1 amide bonds. The summed E-state index contributed by atoms with van der Waals surface area (Å²) in [4.78, 5) is 28.5. The van der Waals surface area contributed by atoms with E-state index in [1.165, 1.54) is 18.4 Å². The number of nitrogens with zero attached hydrogens (tertiary/aromatic N) is 1. The van der Waals surface area contributed by atoms with E-state index in [9.17, 15) is 9.59 Å². The van der Waals surface area contributed by atoms with Gasteiger partial charge in [0.05, 0.1) is 0 Å². The summed E-state index contributed by atoms with van der Waals surface area (Å²) in [6, 6.07) is 31.8. The second kappa shape index (κ2) is 15.8. The van der Waals surface area contributed by atoms with Crippen LogP contribution in [0.3, 0.4) is 0 Å². The average molecular weight is 633 g/mol. The van der Waals surface area contributed by atoms with Gasteiger partial charge in [-0.05, 0) is 98.0 Å². The first-order chi connectivity index (χ1) is 23.1. The van der Waals surface area contributed by atoms with Crippen LogP contribution < -0.4 is 14.8 Å². The number of carbonyl (C=O) groups excluding carboxylic acids is 2. The molecule has 1 aliphatic heterocycles. The van der Waals surface area contributed by atoms with E-state index in [0.29, 0.717) is 42.2 Å². The number of fused-ring (bicyclic) bond motifs is 2. The van der Waals surface area contributed by atoms with E-state index in [1.54, 1.807) is 0 Å². The van der Waals surface area contributed by atoms with Crippen molar-refractivity contribution in [2.24, 2.45) is 5.92 Å². The number of hydrogen-bond acceptors (Lipinski definition) is 6. The number of hydrogen-bond donors (Lipinski definition) is 1. The fourth-order valence-electron chi connectivity index (χ4n) is 6.92. The van der Waals surface area contributed by atoms with Crippen LogP contribution in [-0.2, 0) is 42.0 Å². The van der Waals surface area contributed by atoms with E-state index in [2.05, 4.69) is 23.2 Å². The Kier molecular flexibility index (Phi) is 10.9. The zero-order chi connectivity index (χ0) is 32.4. The van der Waals surface area contributed by atoms with Gasteiger partial charge in [-0.2, -0.15) is 0 Å². The van der Waals surface area contributed by atoms with Gasteiger partial charge < -0.3 is 14.2 Å². The Labute approximate surface area is 277 Å². The van der Waals surface area contributed by atoms with Crippen molar-refractivity contribution in [2.75, 3.05) is 18.4 Å². The molecule has 1 fully saturated rings. The molecule has 4 aromatic carbocycles. The molecule has 0 spiro atoms. The standard InChI is InChI=1S/C40H44N2O5/c1-2-22-42-23-10-16-33-25-35-32(26-36(33)42)19-20-37(45-27-30-11-5-3-6-12-30)39(35)47-40(44)41-34-17-9-15-29(24-34)18-21-38(43)46-28-31-13-7-4-8-14-31/h3-9,11-15,17,19-20,24,33,36H,2,10,16,18,21-23,25-28H2,1H3,(H,41,44)/t33-,36-/m1/s1. The molecule has 0 saturated carbocycles. The second-order valence-electron chi connectivity index (χ2n) is 12.6. The fraction of sp³-hybridized carbons (Fsp3) is 0.350. The van der Waals surface area contributed by atoms with Crippen molar-refractivity contribution < 1.29 is 23.8 Å². The number of aryl methyl sites for hydroxylation is 1. The van der Waals surface area contributed by atoms with Crippen molar-refractivity contribution in [1.82, 2.24) is 4.90 Å². The maximum absolute atomic E-state index is 13.4. The summed E-state index contributed by atoms with van der Waals surface area (Å²) < 4.78 is 17.9. The number of benzene rings is 4. The molecular weight excluding hydrogens is 588 g/mol. The summed E-state index contributed by atoms with van der Waals surface area (Å²) in [5.74, 6) is 1.35. The largest absolute Gasteiger partial charge is 0.485 e. The molecule has 0 unspecified atom stereocenters. The molecule has 1 N–H and O–H groups in total. The van der Waals surface area contributed by atoms with Gasteiger partial charge in [0.25, 0.3) is 0 Å². The highest BCUT2D eigenvalue weighted by Crippen LogP contribution is 2.43. The molecule has 4 aromatic rings. The number of ether oxygens (including phenoxy) is 3. The van der Waals surface area contributed by atoms with Gasteiger partial charge in [-0.15, -0.1) is 0 Å². The first kappa shape index (κ1) is 32.3. The quantitative estimate of drug-likeness (QED) is 0.159. The molecule has 244 valence electrons. The van der Waals surface area contributed by atoms with Crippen molar-refractivity contribution >= 4 is 17.7 Å². The summed E-state index contributed by atoms with van der Waals surface area (Å²) in [5, 5.41) is 2.91. The lowest BCUT2D eigenvalue weighted by Crippen LogP contribution is -2.49. The Morgan fingerprint density at radius 2 is 1.60 bits per heavy atom. The van der Waals surface area contributed by atoms with E-state index in [4.69, 9.17) is 14.2 Å². The van der Waals surface area contributed by atoms with Crippen LogP contribution >= 0.6 is 0 Å². The molecule has 47 heavy (non-hydrogen) atoms. The molecule has 2 aliphatic rings. The third-order valence-electron chi connectivity index (χ3n) is 9.23. The van der Waals surface area contributed by atoms with Crippen LogP contribution in [0.25, 0.3) is 0 Å². The predicted octanol–water partition coefficient (Wildman–Crippen LogP) is 8.14. The van der Waals surface area contributed by atoms with Crippen molar-refractivity contribution in [3.8, 4) is 11.5 Å². The number of likely N-dealkylation sites (tertiary alicyclic amines) is 1. The van der Waals surface area contributed by atoms with Crippen molar-refractivity contribution in [3.63, 3.8) is 0 Å². The third kappa shape index (κ3) is 8.60. The Balaban J connectivity index is 1.14. The van der Waals surface area contributed by atoms with Crippen molar-refractivity contribution in [3.05, 3.63) is 125 Å². The first-order valence-electron chi connectivity index (χ1n) is 16.9. The topological polar surface area (TPSA) is 77.1 Å². The van der Waals surface area contributed by atoms with Gasteiger partial charge in [0.1, 0.15) is 13.2 Å². The van der Waals surface area contributed by atoms with Gasteiger partial charge in [0.15, 0.2) is 11.5 Å². The molecule has 7 heteroatoms. The highest BCUT2D eigenvalue weighted by Gasteiger charge is 2.37. The number of amides is 1. The monoisotopic (exact) mass is 632 g/mol. The Bertz CT molecular complexity index is 1640. The van der Waals surface area contributed by atoms with Crippen LogP contribution in [0.2, 0.25) is 0 Å². The van der Waals surface area contributed by atoms with Gasteiger partial charge in [-0.25, -0.2) is 4.79 Å². The van der Waals surface area contributed by atoms with Gasteiger partial charge in [0.2, 0.25) is 0 Å². The van der Waals surface area contributed by atoms with E-state index in [0.717, 1.165) is 54.6 Å². The lowest BCUT2D eigenvalue weighted by Gasteiger charge is -2.45. The maximum atomic E-state index is 13.4. The summed E-state index contributed by atoms with van der Waals surface area (Å²) in [6.07, 6.45) is 5.51. The molecule has 2 atom stereocenters. The summed E-state index contributed by atoms with van der Waals surface area (Å²) >= 11 is 0. The van der Waals surface area contributed by atoms with E-state index < -0.39 is 6.09 Å². The van der Waals surface area contributed by atoms with Gasteiger partial charge in [-0.1, -0.05) is 85.8 Å². The minimum absolute atomic E-state index is 0.247. The zero-order valence-corrected chi connectivity index (χ0v) is 27.2. The number of nitrogens with one attached hydrogen (secondary N) is 1. The molecule has 7 nitrogen and oxygen atoms in total. The van der Waals surface area contributed by atoms with Crippen LogP contribution in [0, 0.1) is 5.92 Å². The average Bonchev–Trinajstić information content (AvgIpc) is 3.10. The lowest BCUT2D eigenvalue weighted by atomic mass is 9.75. The lowest BCUT2D eigenvalue weighted by molar-refractivity contribution is -0.144. The minimum Gasteiger partial charge on any atom is -0.485 e. The van der Waals surface area contributed by atoms with Crippen LogP contribution in [0.1, 0.15) is 60.4 Å². The smallest absolute Gasteiger partial charge is 0.417 e. The number of piperidine rings is 1. The van der Waals surface area contributed by atoms with Crippen molar-refractivity contribution in [2.45, 2.75) is 71.1 Å². The van der Waals surface area contributed by atoms with Crippen LogP contribution in [-0.4, -0.2) is 36.1 Å². The normalized spacial score (nSPS) is 17.2. The number of carbonyl (C=O) groups is 2. The van der Waals surface area contributed by atoms with E-state index in [1.807, 2.05) is 91.0 Å². The molecule has 1 aliphatic carbocycles. The van der Waals surface area contributed by atoms with Crippen molar-refractivity contribution in [1.29, 1.82) is 0 Å². The molecule has 0 radical (unpaired) electrons. The Morgan fingerprint density at radius 3 is 2.36 bits per heavy atom. The van der Waals surface area contributed by atoms with Crippen LogP contribution in [0.5, 0.6) is 11.5 Å². The van der Waals surface area contributed by atoms with Gasteiger partial charge in [-0.3, -0.25) is 15.0 Å². The van der Waals surface area contributed by atoms with E-state index in [-0.39, 0.29) is 19.0 Å². The molecular formula is C40H44N2O5. The van der Waals surface area contributed by atoms with Crippen LogP contribution in [0.15, 0.2) is 97.1 Å². The Hall–Kier alpha value is -4.62.